The Balaban J connectivity index is 5.07. The molecule has 0 heterocycles. The molecule has 0 saturated carbocycles. The van der Waals surface area contributed by atoms with Gasteiger partial charge in [-0.15, -0.1) is 0 Å². The summed E-state index contributed by atoms with van der Waals surface area (Å²) in [6.45, 7) is 0.991. The number of rotatable bonds is 3. The topological polar surface area (TPSA) is 26.0 Å². The van der Waals surface area contributed by atoms with Crippen molar-refractivity contribution in [3.8, 4) is 0 Å². The quantitative estimate of drug-likeness (QED) is 0.736. The smallest absolute Gasteiger partial charge is 0.322 e. The number of alkyl halides is 7. The third-order valence-corrected chi connectivity index (χ3v) is 1.68. The predicted octanol–water partition coefficient (Wildman–Crippen LogP) is 2.56. The van der Waals surface area contributed by atoms with Gasteiger partial charge in [0.25, 0.3) is 0 Å². The fourth-order valence-electron chi connectivity index (χ4n) is 0.678. The Morgan fingerprint density at radius 3 is 1.57 bits per heavy atom. The summed E-state index contributed by atoms with van der Waals surface area (Å²) in [5.74, 6) is -11.4. The molecule has 0 aromatic heterocycles. The van der Waals surface area contributed by atoms with Crippen molar-refractivity contribution >= 4 is 0 Å². The molecule has 86 valence electrons. The molecule has 0 aromatic rings. The second-order valence-electron chi connectivity index (χ2n) is 2.71. The van der Waals surface area contributed by atoms with Crippen LogP contribution in [-0.2, 0) is 0 Å². The van der Waals surface area contributed by atoms with Crippen LogP contribution in [0.25, 0.3) is 0 Å². The molecule has 8 heteroatoms. The van der Waals surface area contributed by atoms with Crippen molar-refractivity contribution in [1.82, 2.24) is 0 Å². The van der Waals surface area contributed by atoms with E-state index in [0.29, 0.717) is 0 Å². The van der Waals surface area contributed by atoms with Crippen LogP contribution in [-0.4, -0.2) is 24.1 Å². The first-order valence-corrected chi connectivity index (χ1v) is 3.56. The summed E-state index contributed by atoms with van der Waals surface area (Å²) in [4.78, 5) is 0. The molecule has 14 heavy (non-hydrogen) atoms. The average molecular weight is 227 g/mol. The molecule has 2 N–H and O–H groups in total. The van der Waals surface area contributed by atoms with Gasteiger partial charge in [-0.3, -0.25) is 0 Å². The van der Waals surface area contributed by atoms with Gasteiger partial charge in [0.1, 0.15) is 0 Å². The molecule has 1 nitrogen and oxygen atoms in total. The third kappa shape index (κ3) is 1.94. The molecule has 0 unspecified atom stereocenters. The van der Waals surface area contributed by atoms with Crippen LogP contribution in [0.2, 0.25) is 0 Å². The van der Waals surface area contributed by atoms with E-state index in [4.69, 9.17) is 0 Å². The third-order valence-electron chi connectivity index (χ3n) is 1.68. The molecule has 0 aromatic carbocycles. The van der Waals surface area contributed by atoms with Crippen LogP contribution in [0.15, 0.2) is 0 Å². The molecule has 0 saturated heterocycles. The molecule has 0 radical (unpaired) electrons. The molecule has 0 aliphatic rings. The Morgan fingerprint density at radius 2 is 1.36 bits per heavy atom. The first kappa shape index (κ1) is 13.5. The molecule has 0 bridgehead atoms. The lowest BCUT2D eigenvalue weighted by Crippen LogP contribution is -2.60. The highest BCUT2D eigenvalue weighted by Gasteiger charge is 2.74. The Labute approximate surface area is 75.1 Å². The summed E-state index contributed by atoms with van der Waals surface area (Å²) in [5.41, 5.74) is 4.50. The molecule has 1 atom stereocenters. The van der Waals surface area contributed by atoms with Crippen molar-refractivity contribution in [3.63, 3.8) is 0 Å². The number of halogens is 7. The lowest BCUT2D eigenvalue weighted by Gasteiger charge is -2.31. The van der Waals surface area contributed by atoms with E-state index in [0.717, 1.165) is 6.92 Å². The normalized spacial score (nSPS) is 16.9. The van der Waals surface area contributed by atoms with Gasteiger partial charge >= 0.3 is 18.0 Å². The van der Waals surface area contributed by atoms with Crippen LogP contribution < -0.4 is 5.73 Å². The van der Waals surface area contributed by atoms with Crippen molar-refractivity contribution in [1.29, 1.82) is 0 Å². The van der Waals surface area contributed by atoms with Crippen molar-refractivity contribution in [3.05, 3.63) is 0 Å². The van der Waals surface area contributed by atoms with Crippen LogP contribution in [0.1, 0.15) is 13.3 Å². The summed E-state index contributed by atoms with van der Waals surface area (Å²) in [6.07, 6.45) is -6.98. The lowest BCUT2D eigenvalue weighted by atomic mass is 10.0. The van der Waals surface area contributed by atoms with E-state index in [1.54, 1.807) is 0 Å². The molecular weight excluding hydrogens is 219 g/mol. The standard InChI is InChI=1S/C6H8F7N/c1-2-3(14)4(7,8)5(9,10)6(11,12)13/h3H,2,14H2,1H3/t3-/m1/s1. The van der Waals surface area contributed by atoms with Crippen LogP contribution in [0.4, 0.5) is 30.7 Å². The largest absolute Gasteiger partial charge is 0.459 e. The van der Waals surface area contributed by atoms with Gasteiger partial charge in [0.2, 0.25) is 0 Å². The Bertz CT molecular complexity index is 197. The van der Waals surface area contributed by atoms with E-state index in [-0.39, 0.29) is 0 Å². The number of nitrogens with two attached hydrogens (primary N) is 1. The predicted molar refractivity (Wildman–Crippen MR) is 34.2 cm³/mol. The van der Waals surface area contributed by atoms with E-state index in [2.05, 4.69) is 5.73 Å². The fraction of sp³-hybridized carbons (Fsp3) is 1.00. The van der Waals surface area contributed by atoms with E-state index in [1.807, 2.05) is 0 Å². The van der Waals surface area contributed by atoms with E-state index < -0.39 is 30.5 Å². The van der Waals surface area contributed by atoms with Gasteiger partial charge in [0.05, 0.1) is 6.04 Å². The van der Waals surface area contributed by atoms with Gasteiger partial charge in [-0.2, -0.15) is 30.7 Å². The molecule has 0 aliphatic carbocycles. The number of hydrogen-bond donors (Lipinski definition) is 1. The summed E-state index contributed by atoms with van der Waals surface area (Å²) < 4.78 is 84.0. The zero-order valence-corrected chi connectivity index (χ0v) is 7.01. The van der Waals surface area contributed by atoms with Gasteiger partial charge in [-0.05, 0) is 6.42 Å². The minimum absolute atomic E-state index is 0.682. The molecule has 0 spiro atoms. The van der Waals surface area contributed by atoms with Gasteiger partial charge in [0.15, 0.2) is 0 Å². The summed E-state index contributed by atoms with van der Waals surface area (Å²) in [5, 5.41) is 0. The maximum absolute atomic E-state index is 12.5. The van der Waals surface area contributed by atoms with Crippen LogP contribution in [0.3, 0.4) is 0 Å². The van der Waals surface area contributed by atoms with Crippen molar-refractivity contribution < 1.29 is 30.7 Å². The minimum atomic E-state index is -6.30. The maximum Gasteiger partial charge on any atom is 0.459 e. The zero-order chi connectivity index (χ0) is 11.8. The maximum atomic E-state index is 12.5. The SMILES string of the molecule is CC[C@@H](N)C(F)(F)C(F)(F)C(F)(F)F. The van der Waals surface area contributed by atoms with Gasteiger partial charge in [0, 0.05) is 0 Å². The molecular formula is C6H8F7N. The highest BCUT2D eigenvalue weighted by molar-refractivity contribution is 4.97. The second kappa shape index (κ2) is 3.56. The first-order chi connectivity index (χ1) is 5.98. The van der Waals surface area contributed by atoms with Gasteiger partial charge < -0.3 is 5.73 Å². The molecule has 0 aliphatic heterocycles. The van der Waals surface area contributed by atoms with Gasteiger partial charge in [-0.25, -0.2) is 0 Å². The average Bonchev–Trinajstić information content (AvgIpc) is 2.00. The highest BCUT2D eigenvalue weighted by atomic mass is 19.4. The van der Waals surface area contributed by atoms with E-state index in [9.17, 15) is 30.7 Å². The second-order valence-corrected chi connectivity index (χ2v) is 2.71. The van der Waals surface area contributed by atoms with Crippen molar-refractivity contribution in [2.45, 2.75) is 37.4 Å². The zero-order valence-electron chi connectivity index (χ0n) is 7.01. The Kier molecular flexibility index (Phi) is 3.42. The molecule has 0 amide bonds. The van der Waals surface area contributed by atoms with Crippen LogP contribution >= 0.6 is 0 Å². The van der Waals surface area contributed by atoms with Crippen LogP contribution in [0.5, 0.6) is 0 Å². The van der Waals surface area contributed by atoms with Crippen molar-refractivity contribution in [2.24, 2.45) is 5.73 Å². The van der Waals surface area contributed by atoms with Crippen molar-refractivity contribution in [2.75, 3.05) is 0 Å². The summed E-state index contributed by atoms with van der Waals surface area (Å²) >= 11 is 0. The monoisotopic (exact) mass is 227 g/mol. The lowest BCUT2D eigenvalue weighted by molar-refractivity contribution is -0.358. The highest BCUT2D eigenvalue weighted by Crippen LogP contribution is 2.47. The van der Waals surface area contributed by atoms with Gasteiger partial charge in [-0.1, -0.05) is 6.92 Å². The number of hydrogen-bond acceptors (Lipinski definition) is 1. The summed E-state index contributed by atoms with van der Waals surface area (Å²) in [7, 11) is 0. The Hall–Kier alpha value is -0.530. The minimum Gasteiger partial charge on any atom is -0.322 e. The summed E-state index contributed by atoms with van der Waals surface area (Å²) in [6, 6.07) is -2.53. The molecule has 0 rings (SSSR count). The first-order valence-electron chi connectivity index (χ1n) is 3.56. The fourth-order valence-corrected chi connectivity index (χ4v) is 0.678. The Morgan fingerprint density at radius 1 is 1.00 bits per heavy atom. The van der Waals surface area contributed by atoms with E-state index >= 15 is 0 Å². The van der Waals surface area contributed by atoms with Crippen LogP contribution in [0, 0.1) is 0 Å². The molecule has 0 fully saturated rings. The van der Waals surface area contributed by atoms with E-state index in [1.165, 1.54) is 0 Å².